The van der Waals surface area contributed by atoms with E-state index >= 15 is 0 Å². The third-order valence-corrected chi connectivity index (χ3v) is 6.36. The standard InChI is InChI=1S/C21H18ClF3N2O4S2/c1-32-12-31-17(28)11-27-19(18(22)20(26-27)21(23,24)25)14-8-6-13(7-9-14)15-4-3-5-16(10-15)33(2,29)30/h3-10H,11-12H2,1-2H3. The van der Waals surface area contributed by atoms with Gasteiger partial charge in [-0.15, -0.1) is 11.8 Å². The van der Waals surface area contributed by atoms with Gasteiger partial charge in [0.15, 0.2) is 15.5 Å². The second-order valence-electron chi connectivity index (χ2n) is 6.97. The number of ether oxygens (including phenoxy) is 1. The van der Waals surface area contributed by atoms with Crippen molar-refractivity contribution in [2.75, 3.05) is 18.5 Å². The topological polar surface area (TPSA) is 78.3 Å². The van der Waals surface area contributed by atoms with Crippen LogP contribution < -0.4 is 0 Å². The van der Waals surface area contributed by atoms with Gasteiger partial charge >= 0.3 is 12.1 Å². The van der Waals surface area contributed by atoms with E-state index in [2.05, 4.69) is 5.10 Å². The number of carbonyl (C=O) groups excluding carboxylic acids is 1. The van der Waals surface area contributed by atoms with E-state index in [0.717, 1.165) is 10.9 Å². The lowest BCUT2D eigenvalue weighted by Crippen LogP contribution is -2.16. The number of esters is 1. The molecule has 6 nitrogen and oxygen atoms in total. The van der Waals surface area contributed by atoms with Crippen LogP contribution in [0.3, 0.4) is 0 Å². The van der Waals surface area contributed by atoms with Crippen LogP contribution in [0.4, 0.5) is 13.2 Å². The van der Waals surface area contributed by atoms with Crippen LogP contribution in [-0.4, -0.2) is 42.6 Å². The number of nitrogens with zero attached hydrogens (tertiary/aromatic N) is 2. The van der Waals surface area contributed by atoms with Crippen molar-refractivity contribution < 1.29 is 31.1 Å². The highest BCUT2D eigenvalue weighted by molar-refractivity contribution is 7.98. The van der Waals surface area contributed by atoms with E-state index in [-0.39, 0.29) is 16.5 Å². The molecule has 176 valence electrons. The second kappa shape index (κ2) is 9.78. The Balaban J connectivity index is 2.02. The Kier molecular flexibility index (Phi) is 7.45. The SMILES string of the molecule is CSCOC(=O)Cn1nc(C(F)(F)F)c(Cl)c1-c1ccc(-c2cccc(S(C)(=O)=O)c2)cc1. The minimum absolute atomic E-state index is 0.0521. The molecule has 12 heteroatoms. The first-order chi connectivity index (χ1) is 15.4. The molecule has 3 aromatic rings. The molecule has 0 aliphatic rings. The highest BCUT2D eigenvalue weighted by Crippen LogP contribution is 2.40. The van der Waals surface area contributed by atoms with E-state index in [0.29, 0.717) is 16.7 Å². The molecule has 0 spiro atoms. The van der Waals surface area contributed by atoms with Crippen molar-refractivity contribution in [2.24, 2.45) is 0 Å². The zero-order chi connectivity index (χ0) is 24.4. The highest BCUT2D eigenvalue weighted by Gasteiger charge is 2.39. The monoisotopic (exact) mass is 518 g/mol. The molecule has 0 saturated carbocycles. The third-order valence-electron chi connectivity index (χ3n) is 4.53. The molecule has 3 rings (SSSR count). The van der Waals surface area contributed by atoms with Gasteiger partial charge in [-0.25, -0.2) is 8.42 Å². The minimum atomic E-state index is -4.81. The average Bonchev–Trinajstić information content (AvgIpc) is 3.08. The molecule has 33 heavy (non-hydrogen) atoms. The maximum atomic E-state index is 13.4. The van der Waals surface area contributed by atoms with E-state index in [9.17, 15) is 26.4 Å². The molecule has 1 heterocycles. The summed E-state index contributed by atoms with van der Waals surface area (Å²) < 4.78 is 69.6. The number of rotatable bonds is 7. The number of benzene rings is 2. The summed E-state index contributed by atoms with van der Waals surface area (Å²) in [6, 6.07) is 12.6. The number of halogens is 4. The Morgan fingerprint density at radius 2 is 1.76 bits per heavy atom. The molecule has 0 fully saturated rings. The molecule has 2 aromatic carbocycles. The first-order valence-corrected chi connectivity index (χ1v) is 13.0. The van der Waals surface area contributed by atoms with Crippen molar-refractivity contribution in [3.63, 3.8) is 0 Å². The van der Waals surface area contributed by atoms with E-state index in [1.54, 1.807) is 30.5 Å². The summed E-state index contributed by atoms with van der Waals surface area (Å²) in [6.07, 6.45) is -2.01. The van der Waals surface area contributed by atoms with Crippen molar-refractivity contribution in [3.05, 3.63) is 59.2 Å². The Hall–Kier alpha value is -2.50. The first kappa shape index (κ1) is 25.1. The zero-order valence-electron chi connectivity index (χ0n) is 17.4. The van der Waals surface area contributed by atoms with Crippen LogP contribution in [0.1, 0.15) is 5.69 Å². The summed E-state index contributed by atoms with van der Waals surface area (Å²) in [5, 5.41) is 2.88. The maximum Gasteiger partial charge on any atom is 0.436 e. The van der Waals surface area contributed by atoms with Gasteiger partial charge in [-0.3, -0.25) is 9.48 Å². The van der Waals surface area contributed by atoms with Crippen LogP contribution in [0.25, 0.3) is 22.4 Å². The molecule has 0 unspecified atom stereocenters. The number of aromatic nitrogens is 2. The molecule has 0 bridgehead atoms. The van der Waals surface area contributed by atoms with Crippen molar-refractivity contribution in [2.45, 2.75) is 17.6 Å². The third kappa shape index (κ3) is 5.90. The van der Waals surface area contributed by atoms with Crippen LogP contribution in [0.15, 0.2) is 53.4 Å². The molecule has 0 aliphatic heterocycles. The largest absolute Gasteiger partial charge is 0.453 e. The fourth-order valence-electron chi connectivity index (χ4n) is 3.03. The van der Waals surface area contributed by atoms with Crippen LogP contribution in [0.5, 0.6) is 0 Å². The number of sulfone groups is 1. The second-order valence-corrected chi connectivity index (χ2v) is 10.2. The van der Waals surface area contributed by atoms with E-state index in [1.165, 1.54) is 36.0 Å². The van der Waals surface area contributed by atoms with E-state index in [1.807, 2.05) is 0 Å². The lowest BCUT2D eigenvalue weighted by molar-refractivity contribution is -0.144. The Bertz CT molecular complexity index is 1270. The van der Waals surface area contributed by atoms with Gasteiger partial charge in [-0.1, -0.05) is 48.0 Å². The quantitative estimate of drug-likeness (QED) is 0.318. The summed E-state index contributed by atoms with van der Waals surface area (Å²) >= 11 is 7.28. The van der Waals surface area contributed by atoms with E-state index < -0.39 is 39.2 Å². The van der Waals surface area contributed by atoms with Gasteiger partial charge in [-0.2, -0.15) is 18.3 Å². The van der Waals surface area contributed by atoms with Crippen molar-refractivity contribution >= 4 is 39.2 Å². The van der Waals surface area contributed by atoms with Crippen molar-refractivity contribution in [1.82, 2.24) is 9.78 Å². The normalized spacial score (nSPS) is 12.1. The number of hydrogen-bond acceptors (Lipinski definition) is 6. The fourth-order valence-corrected chi connectivity index (χ4v) is 4.30. The van der Waals surface area contributed by atoms with Gasteiger partial charge in [0, 0.05) is 11.8 Å². The van der Waals surface area contributed by atoms with Gasteiger partial charge < -0.3 is 4.74 Å². The lowest BCUT2D eigenvalue weighted by Gasteiger charge is -2.10. The van der Waals surface area contributed by atoms with Gasteiger partial charge in [-0.05, 0) is 29.5 Å². The fraction of sp³-hybridized carbons (Fsp3) is 0.238. The molecular weight excluding hydrogens is 501 g/mol. The summed E-state index contributed by atoms with van der Waals surface area (Å²) in [7, 11) is -3.41. The molecular formula is C21H18ClF3N2O4S2. The Morgan fingerprint density at radius 1 is 1.12 bits per heavy atom. The predicted octanol–water partition coefficient (Wildman–Crippen LogP) is 5.16. The first-order valence-electron chi connectivity index (χ1n) is 9.31. The summed E-state index contributed by atoms with van der Waals surface area (Å²) in [4.78, 5) is 12.1. The van der Waals surface area contributed by atoms with Crippen LogP contribution in [-0.2, 0) is 32.1 Å². The summed E-state index contributed by atoms with van der Waals surface area (Å²) in [5.41, 5.74) is 0.162. The lowest BCUT2D eigenvalue weighted by atomic mass is 10.0. The van der Waals surface area contributed by atoms with Crippen molar-refractivity contribution in [3.8, 4) is 22.4 Å². The predicted molar refractivity (Wildman–Crippen MR) is 121 cm³/mol. The molecule has 0 radical (unpaired) electrons. The van der Waals surface area contributed by atoms with E-state index in [4.69, 9.17) is 16.3 Å². The summed E-state index contributed by atoms with van der Waals surface area (Å²) in [6.45, 7) is -0.552. The van der Waals surface area contributed by atoms with Gasteiger partial charge in [0.25, 0.3) is 0 Å². The number of hydrogen-bond donors (Lipinski definition) is 0. The smallest absolute Gasteiger partial charge is 0.436 e. The molecule has 0 saturated heterocycles. The Morgan fingerprint density at radius 3 is 2.33 bits per heavy atom. The van der Waals surface area contributed by atoms with Gasteiger partial charge in [0.1, 0.15) is 12.5 Å². The number of thioether (sulfide) groups is 1. The summed E-state index contributed by atoms with van der Waals surface area (Å²) in [5.74, 6) is -0.705. The zero-order valence-corrected chi connectivity index (χ0v) is 19.8. The van der Waals surface area contributed by atoms with Crippen LogP contribution in [0, 0.1) is 0 Å². The molecule has 0 amide bonds. The maximum absolute atomic E-state index is 13.4. The Labute approximate surface area is 197 Å². The average molecular weight is 519 g/mol. The highest BCUT2D eigenvalue weighted by atomic mass is 35.5. The minimum Gasteiger partial charge on any atom is -0.453 e. The van der Waals surface area contributed by atoms with Crippen LogP contribution >= 0.6 is 23.4 Å². The molecule has 0 atom stereocenters. The van der Waals surface area contributed by atoms with Gasteiger partial charge in [0.05, 0.1) is 15.6 Å². The molecule has 0 aliphatic carbocycles. The number of carbonyl (C=O) groups is 1. The molecule has 0 N–H and O–H groups in total. The number of alkyl halides is 3. The van der Waals surface area contributed by atoms with Gasteiger partial charge in [0.2, 0.25) is 0 Å². The van der Waals surface area contributed by atoms with Crippen LogP contribution in [0.2, 0.25) is 5.02 Å². The molecule has 1 aromatic heterocycles. The van der Waals surface area contributed by atoms with Crippen molar-refractivity contribution in [1.29, 1.82) is 0 Å².